The molecule has 0 amide bonds. The summed E-state index contributed by atoms with van der Waals surface area (Å²) in [5.74, 6) is -0.327. The van der Waals surface area contributed by atoms with Gasteiger partial charge in [0, 0.05) is 17.7 Å². The average molecular weight is 262 g/mol. The Morgan fingerprint density at radius 3 is 2.76 bits per heavy atom. The maximum Gasteiger partial charge on any atom is 0.129 e. The first-order chi connectivity index (χ1) is 8.19. The van der Waals surface area contributed by atoms with Crippen molar-refractivity contribution in [3.63, 3.8) is 0 Å². The Morgan fingerprint density at radius 2 is 2.18 bits per heavy atom. The number of benzene rings is 1. The summed E-state index contributed by atoms with van der Waals surface area (Å²) in [7, 11) is 3.37. The Labute approximate surface area is 106 Å². The SMILES string of the molecule is CNC(COCCOC)c1ccc(Cl)cc1F. The summed E-state index contributed by atoms with van der Waals surface area (Å²) in [5, 5.41) is 3.40. The zero-order chi connectivity index (χ0) is 12.7. The van der Waals surface area contributed by atoms with Gasteiger partial charge in [-0.25, -0.2) is 4.39 Å². The van der Waals surface area contributed by atoms with Crippen LogP contribution in [0.3, 0.4) is 0 Å². The summed E-state index contributed by atoms with van der Waals surface area (Å²) in [5.41, 5.74) is 0.550. The molecule has 1 unspecified atom stereocenters. The zero-order valence-corrected chi connectivity index (χ0v) is 10.8. The molecule has 0 aliphatic carbocycles. The van der Waals surface area contributed by atoms with Gasteiger partial charge in [-0.2, -0.15) is 0 Å². The number of halogens is 2. The van der Waals surface area contributed by atoms with Gasteiger partial charge in [-0.05, 0) is 19.2 Å². The van der Waals surface area contributed by atoms with E-state index in [0.717, 1.165) is 0 Å². The Kier molecular flexibility index (Phi) is 6.44. The first-order valence-corrected chi connectivity index (χ1v) is 5.75. The van der Waals surface area contributed by atoms with Gasteiger partial charge in [-0.15, -0.1) is 0 Å². The second-order valence-electron chi connectivity index (χ2n) is 3.57. The topological polar surface area (TPSA) is 30.5 Å². The molecule has 1 atom stereocenters. The van der Waals surface area contributed by atoms with Crippen LogP contribution in [0.4, 0.5) is 4.39 Å². The van der Waals surface area contributed by atoms with Crippen molar-refractivity contribution >= 4 is 11.6 Å². The van der Waals surface area contributed by atoms with Crippen molar-refractivity contribution in [1.82, 2.24) is 5.32 Å². The first kappa shape index (κ1) is 14.4. The lowest BCUT2D eigenvalue weighted by molar-refractivity contribution is 0.0591. The highest BCUT2D eigenvalue weighted by Crippen LogP contribution is 2.20. The lowest BCUT2D eigenvalue weighted by Crippen LogP contribution is -2.23. The molecule has 17 heavy (non-hydrogen) atoms. The molecule has 0 aliphatic rings. The van der Waals surface area contributed by atoms with Gasteiger partial charge in [0.05, 0.1) is 25.9 Å². The van der Waals surface area contributed by atoms with Crippen molar-refractivity contribution in [2.75, 3.05) is 34.0 Å². The zero-order valence-electron chi connectivity index (χ0n) is 10.0. The van der Waals surface area contributed by atoms with Gasteiger partial charge in [0.2, 0.25) is 0 Å². The molecule has 1 aromatic carbocycles. The summed E-state index contributed by atoms with van der Waals surface area (Å²) >= 11 is 5.70. The van der Waals surface area contributed by atoms with E-state index >= 15 is 0 Å². The largest absolute Gasteiger partial charge is 0.382 e. The minimum atomic E-state index is -0.327. The van der Waals surface area contributed by atoms with E-state index in [4.69, 9.17) is 21.1 Å². The quantitative estimate of drug-likeness (QED) is 0.765. The lowest BCUT2D eigenvalue weighted by atomic mass is 10.1. The average Bonchev–Trinajstić information content (AvgIpc) is 2.31. The van der Waals surface area contributed by atoms with E-state index in [0.29, 0.717) is 30.4 Å². The summed E-state index contributed by atoms with van der Waals surface area (Å²) in [6, 6.07) is 4.44. The molecular weight excluding hydrogens is 245 g/mol. The molecule has 0 spiro atoms. The third-order valence-corrected chi connectivity index (χ3v) is 2.64. The molecule has 0 aromatic heterocycles. The molecule has 5 heteroatoms. The lowest BCUT2D eigenvalue weighted by Gasteiger charge is -2.17. The second-order valence-corrected chi connectivity index (χ2v) is 4.01. The Hall–Kier alpha value is -0.680. The number of ether oxygens (including phenoxy) is 2. The van der Waals surface area contributed by atoms with Crippen LogP contribution in [0.1, 0.15) is 11.6 Å². The molecule has 0 radical (unpaired) electrons. The standard InChI is InChI=1S/C12H17ClFNO2/c1-15-12(8-17-6-5-16-2)10-4-3-9(13)7-11(10)14/h3-4,7,12,15H,5-6,8H2,1-2H3. The molecule has 0 fully saturated rings. The van der Waals surface area contributed by atoms with Crippen LogP contribution in [0.2, 0.25) is 5.02 Å². The molecule has 0 saturated heterocycles. The van der Waals surface area contributed by atoms with Crippen LogP contribution in [0.15, 0.2) is 18.2 Å². The van der Waals surface area contributed by atoms with E-state index < -0.39 is 0 Å². The summed E-state index contributed by atoms with van der Waals surface area (Å²) in [6.07, 6.45) is 0. The molecule has 1 aromatic rings. The Bertz CT molecular complexity index is 349. The van der Waals surface area contributed by atoms with Crippen LogP contribution in [-0.4, -0.2) is 34.0 Å². The molecule has 3 nitrogen and oxygen atoms in total. The molecule has 1 rings (SSSR count). The minimum Gasteiger partial charge on any atom is -0.382 e. The van der Waals surface area contributed by atoms with Crippen LogP contribution in [0.5, 0.6) is 0 Å². The molecule has 0 aliphatic heterocycles. The summed E-state index contributed by atoms with van der Waals surface area (Å²) in [6.45, 7) is 1.40. The van der Waals surface area contributed by atoms with Gasteiger partial charge in [0.1, 0.15) is 5.82 Å². The number of hydrogen-bond donors (Lipinski definition) is 1. The van der Waals surface area contributed by atoms with Gasteiger partial charge >= 0.3 is 0 Å². The summed E-state index contributed by atoms with van der Waals surface area (Å²) < 4.78 is 23.9. The van der Waals surface area contributed by atoms with Gasteiger partial charge in [-0.1, -0.05) is 17.7 Å². The van der Waals surface area contributed by atoms with Crippen LogP contribution in [-0.2, 0) is 9.47 Å². The third kappa shape index (κ3) is 4.60. The van der Waals surface area contributed by atoms with Crippen molar-refractivity contribution in [3.8, 4) is 0 Å². The fourth-order valence-electron chi connectivity index (χ4n) is 1.46. The molecule has 96 valence electrons. The van der Waals surface area contributed by atoms with Crippen LogP contribution in [0, 0.1) is 5.82 Å². The predicted octanol–water partition coefficient (Wildman–Crippen LogP) is 2.40. The molecule has 0 bridgehead atoms. The Balaban J connectivity index is 2.59. The normalized spacial score (nSPS) is 12.7. The molecule has 1 N–H and O–H groups in total. The fourth-order valence-corrected chi connectivity index (χ4v) is 1.61. The molecule has 0 saturated carbocycles. The van der Waals surface area contributed by atoms with Crippen molar-refractivity contribution < 1.29 is 13.9 Å². The predicted molar refractivity (Wildman–Crippen MR) is 65.9 cm³/mol. The number of rotatable bonds is 7. The highest BCUT2D eigenvalue weighted by molar-refractivity contribution is 6.30. The number of nitrogens with one attached hydrogen (secondary N) is 1. The maximum absolute atomic E-state index is 13.7. The van der Waals surface area contributed by atoms with E-state index in [1.54, 1.807) is 26.3 Å². The van der Waals surface area contributed by atoms with Crippen molar-refractivity contribution in [2.45, 2.75) is 6.04 Å². The molecular formula is C12H17ClFNO2. The number of methoxy groups -OCH3 is 1. The van der Waals surface area contributed by atoms with Crippen LogP contribution >= 0.6 is 11.6 Å². The second kappa shape index (κ2) is 7.61. The van der Waals surface area contributed by atoms with E-state index in [1.165, 1.54) is 6.07 Å². The Morgan fingerprint density at radius 1 is 1.41 bits per heavy atom. The fraction of sp³-hybridized carbons (Fsp3) is 0.500. The van der Waals surface area contributed by atoms with E-state index in [-0.39, 0.29) is 11.9 Å². The highest BCUT2D eigenvalue weighted by atomic mass is 35.5. The first-order valence-electron chi connectivity index (χ1n) is 5.38. The van der Waals surface area contributed by atoms with Gasteiger partial charge in [0.15, 0.2) is 0 Å². The van der Waals surface area contributed by atoms with Crippen LogP contribution in [0.25, 0.3) is 0 Å². The van der Waals surface area contributed by atoms with Crippen molar-refractivity contribution in [3.05, 3.63) is 34.6 Å². The third-order valence-electron chi connectivity index (χ3n) is 2.40. The van der Waals surface area contributed by atoms with Crippen molar-refractivity contribution in [2.24, 2.45) is 0 Å². The van der Waals surface area contributed by atoms with Gasteiger partial charge in [0.25, 0.3) is 0 Å². The highest BCUT2D eigenvalue weighted by Gasteiger charge is 2.14. The van der Waals surface area contributed by atoms with Crippen molar-refractivity contribution in [1.29, 1.82) is 0 Å². The summed E-state index contributed by atoms with van der Waals surface area (Å²) in [4.78, 5) is 0. The smallest absolute Gasteiger partial charge is 0.129 e. The minimum absolute atomic E-state index is 0.191. The van der Waals surface area contributed by atoms with E-state index in [1.807, 2.05) is 0 Å². The van der Waals surface area contributed by atoms with Gasteiger partial charge in [-0.3, -0.25) is 0 Å². The monoisotopic (exact) mass is 261 g/mol. The van der Waals surface area contributed by atoms with Crippen LogP contribution < -0.4 is 5.32 Å². The number of hydrogen-bond acceptors (Lipinski definition) is 3. The maximum atomic E-state index is 13.7. The number of likely N-dealkylation sites (N-methyl/N-ethyl adjacent to an activating group) is 1. The van der Waals surface area contributed by atoms with Gasteiger partial charge < -0.3 is 14.8 Å². The van der Waals surface area contributed by atoms with E-state index in [2.05, 4.69) is 5.32 Å². The van der Waals surface area contributed by atoms with E-state index in [9.17, 15) is 4.39 Å². The molecule has 0 heterocycles.